The van der Waals surface area contributed by atoms with Gasteiger partial charge < -0.3 is 10.2 Å². The van der Waals surface area contributed by atoms with Crippen LogP contribution in [0.1, 0.15) is 34.1 Å². The SMILES string of the molecule is CCN(CC)C1CCN(C(=NC)NCCS(=O)(=O)N(CC)CC)C1.I. The van der Waals surface area contributed by atoms with E-state index in [1.165, 1.54) is 4.31 Å². The quantitative estimate of drug-likeness (QED) is 0.300. The summed E-state index contributed by atoms with van der Waals surface area (Å²) in [7, 11) is -1.44. The predicted octanol–water partition coefficient (Wildman–Crippen LogP) is 1.27. The van der Waals surface area contributed by atoms with E-state index in [9.17, 15) is 8.42 Å². The second kappa shape index (κ2) is 12.3. The second-order valence-corrected chi connectivity index (χ2v) is 8.07. The zero-order valence-corrected chi connectivity index (χ0v) is 19.5. The van der Waals surface area contributed by atoms with Crippen LogP contribution in [0.15, 0.2) is 4.99 Å². The van der Waals surface area contributed by atoms with E-state index in [0.29, 0.717) is 25.7 Å². The first-order valence-electron chi connectivity index (χ1n) is 9.10. The molecule has 0 bridgehead atoms. The van der Waals surface area contributed by atoms with Crippen molar-refractivity contribution in [2.45, 2.75) is 40.2 Å². The fourth-order valence-electron chi connectivity index (χ4n) is 3.34. The number of guanidine groups is 1. The Morgan fingerprint density at radius 3 is 2.24 bits per heavy atom. The highest BCUT2D eigenvalue weighted by Crippen LogP contribution is 2.15. The zero-order valence-electron chi connectivity index (χ0n) is 16.4. The van der Waals surface area contributed by atoms with Gasteiger partial charge in [-0.2, -0.15) is 0 Å². The van der Waals surface area contributed by atoms with Crippen LogP contribution in [-0.2, 0) is 10.0 Å². The average Bonchev–Trinajstić information content (AvgIpc) is 3.03. The van der Waals surface area contributed by atoms with Gasteiger partial charge in [-0.05, 0) is 19.5 Å². The van der Waals surface area contributed by atoms with Gasteiger partial charge in [0, 0.05) is 45.8 Å². The van der Waals surface area contributed by atoms with E-state index in [1.807, 2.05) is 13.8 Å². The number of rotatable bonds is 9. The molecule has 0 aromatic heterocycles. The van der Waals surface area contributed by atoms with Crippen molar-refractivity contribution < 1.29 is 8.42 Å². The number of aliphatic imine (C=N–C) groups is 1. The van der Waals surface area contributed by atoms with Crippen molar-refractivity contribution in [2.24, 2.45) is 4.99 Å². The number of hydrogen-bond acceptors (Lipinski definition) is 4. The molecule has 0 radical (unpaired) electrons. The second-order valence-electron chi connectivity index (χ2n) is 5.98. The van der Waals surface area contributed by atoms with Gasteiger partial charge in [0.2, 0.25) is 10.0 Å². The number of sulfonamides is 1. The molecule has 0 aromatic carbocycles. The summed E-state index contributed by atoms with van der Waals surface area (Å²) in [5, 5.41) is 3.22. The van der Waals surface area contributed by atoms with E-state index in [0.717, 1.165) is 38.6 Å². The monoisotopic (exact) mass is 489 g/mol. The van der Waals surface area contributed by atoms with Gasteiger partial charge in [-0.25, -0.2) is 12.7 Å². The van der Waals surface area contributed by atoms with Gasteiger partial charge in [-0.1, -0.05) is 27.7 Å². The van der Waals surface area contributed by atoms with Crippen LogP contribution in [0.25, 0.3) is 0 Å². The lowest BCUT2D eigenvalue weighted by Crippen LogP contribution is -2.45. The van der Waals surface area contributed by atoms with E-state index >= 15 is 0 Å². The Hall–Kier alpha value is -0.130. The van der Waals surface area contributed by atoms with Crippen LogP contribution in [0.2, 0.25) is 0 Å². The third-order valence-electron chi connectivity index (χ3n) is 4.75. The Morgan fingerprint density at radius 2 is 1.76 bits per heavy atom. The topological polar surface area (TPSA) is 68.2 Å². The minimum atomic E-state index is -3.19. The van der Waals surface area contributed by atoms with Crippen LogP contribution < -0.4 is 5.32 Å². The molecule has 1 N–H and O–H groups in total. The van der Waals surface area contributed by atoms with Crippen molar-refractivity contribution in [2.75, 3.05) is 58.6 Å². The van der Waals surface area contributed by atoms with Crippen LogP contribution >= 0.6 is 24.0 Å². The molecule has 1 rings (SSSR count). The van der Waals surface area contributed by atoms with Crippen LogP contribution in [-0.4, -0.2) is 93.1 Å². The lowest BCUT2D eigenvalue weighted by Gasteiger charge is -2.27. The average molecular weight is 489 g/mol. The standard InChI is InChI=1S/C16H35N5O2S.HI/c1-6-19(7-2)15-10-12-20(14-15)16(17-5)18-11-13-24(22,23)21(8-3)9-4;/h15H,6-14H2,1-5H3,(H,17,18);1H. The molecule has 0 saturated carbocycles. The van der Waals surface area contributed by atoms with Gasteiger partial charge in [0.15, 0.2) is 5.96 Å². The highest BCUT2D eigenvalue weighted by molar-refractivity contribution is 14.0. The van der Waals surface area contributed by atoms with Crippen LogP contribution in [0.3, 0.4) is 0 Å². The van der Waals surface area contributed by atoms with Crippen molar-refractivity contribution in [1.82, 2.24) is 19.4 Å². The molecule has 1 atom stereocenters. The Bertz CT molecular complexity index is 493. The fourth-order valence-corrected chi connectivity index (χ4v) is 4.75. The molecule has 150 valence electrons. The minimum absolute atomic E-state index is 0. The van der Waals surface area contributed by atoms with Gasteiger partial charge in [0.1, 0.15) is 0 Å². The Morgan fingerprint density at radius 1 is 1.16 bits per heavy atom. The highest BCUT2D eigenvalue weighted by Gasteiger charge is 2.28. The summed E-state index contributed by atoms with van der Waals surface area (Å²) in [6, 6.07) is 0.554. The summed E-state index contributed by atoms with van der Waals surface area (Å²) >= 11 is 0. The molecule has 0 aromatic rings. The van der Waals surface area contributed by atoms with Crippen molar-refractivity contribution in [1.29, 1.82) is 0 Å². The normalized spacial score (nSPS) is 18.8. The molecule has 1 aliphatic rings. The van der Waals surface area contributed by atoms with Crippen molar-refractivity contribution in [3.8, 4) is 0 Å². The van der Waals surface area contributed by atoms with Gasteiger partial charge in [0.05, 0.1) is 5.75 Å². The first kappa shape index (κ1) is 24.9. The first-order valence-corrected chi connectivity index (χ1v) is 10.7. The summed E-state index contributed by atoms with van der Waals surface area (Å²) in [4.78, 5) is 9.02. The van der Waals surface area contributed by atoms with Crippen molar-refractivity contribution >= 4 is 40.0 Å². The Labute approximate surface area is 171 Å². The third kappa shape index (κ3) is 7.18. The molecule has 1 unspecified atom stereocenters. The summed E-state index contributed by atoms with van der Waals surface area (Å²) in [6.07, 6.45) is 1.13. The molecular weight excluding hydrogens is 453 g/mol. The molecule has 1 fully saturated rings. The maximum atomic E-state index is 12.2. The molecule has 0 spiro atoms. The summed E-state index contributed by atoms with van der Waals surface area (Å²) in [5.41, 5.74) is 0. The molecule has 0 aliphatic carbocycles. The fraction of sp³-hybridized carbons (Fsp3) is 0.938. The number of halogens is 1. The van der Waals surface area contributed by atoms with E-state index < -0.39 is 10.0 Å². The number of nitrogens with one attached hydrogen (secondary N) is 1. The summed E-state index contributed by atoms with van der Waals surface area (Å²) in [6.45, 7) is 13.6. The van der Waals surface area contributed by atoms with Gasteiger partial charge in [0.25, 0.3) is 0 Å². The van der Waals surface area contributed by atoms with Crippen LogP contribution in [0.4, 0.5) is 0 Å². The Balaban J connectivity index is 0.00000576. The smallest absolute Gasteiger partial charge is 0.215 e. The number of likely N-dealkylation sites (tertiary alicyclic amines) is 1. The van der Waals surface area contributed by atoms with E-state index in [-0.39, 0.29) is 29.7 Å². The summed E-state index contributed by atoms with van der Waals surface area (Å²) < 4.78 is 26.0. The van der Waals surface area contributed by atoms with Crippen molar-refractivity contribution in [3.63, 3.8) is 0 Å². The molecule has 0 amide bonds. The van der Waals surface area contributed by atoms with Crippen molar-refractivity contribution in [3.05, 3.63) is 0 Å². The highest BCUT2D eigenvalue weighted by atomic mass is 127. The van der Waals surface area contributed by atoms with E-state index in [4.69, 9.17) is 0 Å². The van der Waals surface area contributed by atoms with Gasteiger partial charge in [-0.3, -0.25) is 9.89 Å². The molecule has 7 nitrogen and oxygen atoms in total. The minimum Gasteiger partial charge on any atom is -0.355 e. The molecule has 1 heterocycles. The molecule has 1 saturated heterocycles. The maximum absolute atomic E-state index is 12.2. The summed E-state index contributed by atoms with van der Waals surface area (Å²) in [5.74, 6) is 0.903. The molecular formula is C16H36IN5O2S. The zero-order chi connectivity index (χ0) is 18.2. The lowest BCUT2D eigenvalue weighted by molar-refractivity contribution is 0.223. The first-order chi connectivity index (χ1) is 11.4. The lowest BCUT2D eigenvalue weighted by atomic mass is 10.2. The number of hydrogen-bond donors (Lipinski definition) is 1. The van der Waals surface area contributed by atoms with E-state index in [1.54, 1.807) is 7.05 Å². The molecule has 25 heavy (non-hydrogen) atoms. The molecule has 9 heteroatoms. The maximum Gasteiger partial charge on any atom is 0.215 e. The molecule has 1 aliphatic heterocycles. The van der Waals surface area contributed by atoms with Crippen LogP contribution in [0, 0.1) is 0 Å². The van der Waals surface area contributed by atoms with Gasteiger partial charge in [-0.15, -0.1) is 24.0 Å². The Kier molecular flexibility index (Phi) is 12.2. The largest absolute Gasteiger partial charge is 0.355 e. The number of nitrogens with zero attached hydrogens (tertiary/aromatic N) is 4. The predicted molar refractivity (Wildman–Crippen MR) is 116 cm³/mol. The van der Waals surface area contributed by atoms with Gasteiger partial charge >= 0.3 is 0 Å². The third-order valence-corrected chi connectivity index (χ3v) is 6.77. The number of likely N-dealkylation sites (N-methyl/N-ethyl adjacent to an activating group) is 1. The van der Waals surface area contributed by atoms with Crippen LogP contribution in [0.5, 0.6) is 0 Å². The van der Waals surface area contributed by atoms with E-state index in [2.05, 4.69) is 34.0 Å².